The molecule has 5 nitrogen and oxygen atoms in total. The van der Waals surface area contributed by atoms with Crippen LogP contribution >= 0.6 is 0 Å². The van der Waals surface area contributed by atoms with E-state index in [4.69, 9.17) is 11.0 Å². The van der Waals surface area contributed by atoms with Gasteiger partial charge in [-0.2, -0.15) is 5.26 Å². The number of rotatable bonds is 6. The largest absolute Gasteiger partial charge is 0.416 e. The van der Waals surface area contributed by atoms with Crippen LogP contribution in [0.2, 0.25) is 0 Å². The molecule has 2 N–H and O–H groups in total. The molecular formula is C9H18N2O3. The van der Waals surface area contributed by atoms with Crippen LogP contribution < -0.4 is 5.73 Å². The SMILES string of the molecule is COC.N#COC(C=O)CCCCN. The third kappa shape index (κ3) is 13.5. The minimum atomic E-state index is -0.577. The second-order valence-corrected chi connectivity index (χ2v) is 2.58. The third-order valence-electron chi connectivity index (χ3n) is 1.30. The number of methoxy groups -OCH3 is 1. The van der Waals surface area contributed by atoms with Crippen LogP contribution in [0.1, 0.15) is 19.3 Å². The highest BCUT2D eigenvalue weighted by Crippen LogP contribution is 2.00. The lowest BCUT2D eigenvalue weighted by Gasteiger charge is -2.04. The van der Waals surface area contributed by atoms with E-state index in [0.29, 0.717) is 19.3 Å². The monoisotopic (exact) mass is 202 g/mol. The Balaban J connectivity index is 0. The summed E-state index contributed by atoms with van der Waals surface area (Å²) in [6.07, 6.45) is 3.80. The molecule has 1 unspecified atom stereocenters. The predicted octanol–water partition coefficient (Wildman–Crippen LogP) is 0.443. The molecule has 0 fully saturated rings. The number of nitriles is 1. The summed E-state index contributed by atoms with van der Waals surface area (Å²) in [6.45, 7) is 0.609. The fourth-order valence-electron chi connectivity index (χ4n) is 0.712. The Bertz CT molecular complexity index is 157. The lowest BCUT2D eigenvalue weighted by molar-refractivity contribution is -0.115. The van der Waals surface area contributed by atoms with Crippen molar-refractivity contribution in [3.8, 4) is 6.26 Å². The van der Waals surface area contributed by atoms with E-state index in [1.165, 1.54) is 6.26 Å². The molecule has 0 aromatic carbocycles. The average Bonchev–Trinajstić information content (AvgIpc) is 2.18. The second-order valence-electron chi connectivity index (χ2n) is 2.58. The zero-order chi connectivity index (χ0) is 11.2. The van der Waals surface area contributed by atoms with Crippen molar-refractivity contribution in [3.63, 3.8) is 0 Å². The minimum absolute atomic E-state index is 0.577. The molecule has 0 saturated carbocycles. The number of ether oxygens (including phenoxy) is 2. The third-order valence-corrected chi connectivity index (χ3v) is 1.30. The van der Waals surface area contributed by atoms with Crippen LogP contribution in [0.3, 0.4) is 0 Å². The number of hydrogen-bond acceptors (Lipinski definition) is 5. The summed E-state index contributed by atoms with van der Waals surface area (Å²) in [5.41, 5.74) is 5.24. The molecule has 0 aromatic heterocycles. The smallest absolute Gasteiger partial charge is 0.287 e. The summed E-state index contributed by atoms with van der Waals surface area (Å²) in [7, 11) is 3.25. The molecule has 14 heavy (non-hydrogen) atoms. The van der Waals surface area contributed by atoms with Gasteiger partial charge in [0.05, 0.1) is 0 Å². The highest BCUT2D eigenvalue weighted by Gasteiger charge is 2.05. The zero-order valence-electron chi connectivity index (χ0n) is 8.73. The summed E-state index contributed by atoms with van der Waals surface area (Å²) in [4.78, 5) is 10.2. The predicted molar refractivity (Wildman–Crippen MR) is 52.4 cm³/mol. The molecule has 0 amide bonds. The van der Waals surface area contributed by atoms with Gasteiger partial charge in [0, 0.05) is 14.2 Å². The van der Waals surface area contributed by atoms with Gasteiger partial charge in [0.1, 0.15) is 0 Å². The van der Waals surface area contributed by atoms with Gasteiger partial charge < -0.3 is 15.2 Å². The van der Waals surface area contributed by atoms with Crippen LogP contribution in [-0.4, -0.2) is 33.2 Å². The number of carbonyl (C=O) groups is 1. The Morgan fingerprint density at radius 3 is 2.43 bits per heavy atom. The maximum absolute atomic E-state index is 10.2. The molecule has 0 rings (SSSR count). The Morgan fingerprint density at radius 2 is 2.07 bits per heavy atom. The van der Waals surface area contributed by atoms with E-state index in [-0.39, 0.29) is 0 Å². The maximum atomic E-state index is 10.2. The van der Waals surface area contributed by atoms with Gasteiger partial charge in [-0.1, -0.05) is 0 Å². The van der Waals surface area contributed by atoms with Gasteiger partial charge in [-0.3, -0.25) is 4.79 Å². The Labute approximate surface area is 84.8 Å². The van der Waals surface area contributed by atoms with Crippen molar-refractivity contribution < 1.29 is 14.3 Å². The molecule has 0 aliphatic carbocycles. The summed E-state index contributed by atoms with van der Waals surface area (Å²) in [5.74, 6) is 0. The normalized spacial score (nSPS) is 10.4. The topological polar surface area (TPSA) is 85.3 Å². The fourth-order valence-corrected chi connectivity index (χ4v) is 0.712. The molecule has 5 heteroatoms. The van der Waals surface area contributed by atoms with Crippen molar-refractivity contribution in [3.05, 3.63) is 0 Å². The number of hydrogen-bond donors (Lipinski definition) is 1. The summed E-state index contributed by atoms with van der Waals surface area (Å²) >= 11 is 0. The Hall–Kier alpha value is -1.12. The number of carbonyl (C=O) groups excluding carboxylic acids is 1. The van der Waals surface area contributed by atoms with Gasteiger partial charge >= 0.3 is 0 Å². The van der Waals surface area contributed by atoms with Crippen molar-refractivity contribution in [1.82, 2.24) is 0 Å². The van der Waals surface area contributed by atoms with Crippen LogP contribution in [0.5, 0.6) is 0 Å². The first-order valence-corrected chi connectivity index (χ1v) is 4.37. The number of nitrogens with zero attached hydrogens (tertiary/aromatic N) is 1. The number of unbranched alkanes of at least 4 members (excludes halogenated alkanes) is 1. The standard InChI is InChI=1S/C7H12N2O2.C2H6O/c8-4-2-1-3-7(5-10)11-6-9;1-3-2/h5,7H,1-4,8H2;1-2H3. The number of nitrogens with two attached hydrogens (primary N) is 1. The fraction of sp³-hybridized carbons (Fsp3) is 0.778. The molecule has 82 valence electrons. The molecule has 1 atom stereocenters. The maximum Gasteiger partial charge on any atom is 0.287 e. The van der Waals surface area contributed by atoms with Gasteiger partial charge in [0.15, 0.2) is 12.4 Å². The van der Waals surface area contributed by atoms with Gasteiger partial charge in [-0.15, -0.1) is 0 Å². The van der Waals surface area contributed by atoms with Crippen molar-refractivity contribution >= 4 is 6.29 Å². The molecule has 0 aliphatic rings. The van der Waals surface area contributed by atoms with E-state index in [0.717, 1.165) is 12.8 Å². The average molecular weight is 202 g/mol. The first-order valence-electron chi connectivity index (χ1n) is 4.37. The molecule has 0 heterocycles. The van der Waals surface area contributed by atoms with Crippen molar-refractivity contribution in [2.45, 2.75) is 25.4 Å². The molecule has 0 spiro atoms. The van der Waals surface area contributed by atoms with E-state index < -0.39 is 6.10 Å². The molecule has 0 bridgehead atoms. The van der Waals surface area contributed by atoms with Gasteiger partial charge in [-0.05, 0) is 25.8 Å². The van der Waals surface area contributed by atoms with E-state index in [9.17, 15) is 4.79 Å². The summed E-state index contributed by atoms with van der Waals surface area (Å²) < 4.78 is 8.68. The lowest BCUT2D eigenvalue weighted by Crippen LogP contribution is -2.12. The lowest BCUT2D eigenvalue weighted by atomic mass is 10.2. The van der Waals surface area contributed by atoms with Gasteiger partial charge in [0.2, 0.25) is 0 Å². The van der Waals surface area contributed by atoms with E-state index >= 15 is 0 Å². The Kier molecular flexibility index (Phi) is 15.8. The molecule has 0 aromatic rings. The van der Waals surface area contributed by atoms with E-state index in [2.05, 4.69) is 9.47 Å². The number of aldehydes is 1. The van der Waals surface area contributed by atoms with Gasteiger partial charge in [-0.25, -0.2) is 0 Å². The van der Waals surface area contributed by atoms with Crippen LogP contribution in [0.25, 0.3) is 0 Å². The second kappa shape index (κ2) is 14.4. The highest BCUT2D eigenvalue weighted by molar-refractivity contribution is 5.56. The molecule has 0 saturated heterocycles. The molecule has 0 radical (unpaired) electrons. The van der Waals surface area contributed by atoms with Crippen LogP contribution in [-0.2, 0) is 14.3 Å². The molecular weight excluding hydrogens is 184 g/mol. The van der Waals surface area contributed by atoms with E-state index in [1.54, 1.807) is 14.2 Å². The van der Waals surface area contributed by atoms with Crippen LogP contribution in [0.4, 0.5) is 0 Å². The first-order chi connectivity index (χ1) is 6.76. The summed E-state index contributed by atoms with van der Waals surface area (Å²) in [5, 5.41) is 8.07. The highest BCUT2D eigenvalue weighted by atomic mass is 16.5. The van der Waals surface area contributed by atoms with Crippen molar-refractivity contribution in [1.29, 1.82) is 5.26 Å². The van der Waals surface area contributed by atoms with Crippen LogP contribution in [0.15, 0.2) is 0 Å². The van der Waals surface area contributed by atoms with E-state index in [1.807, 2.05) is 0 Å². The molecule has 0 aliphatic heterocycles. The zero-order valence-corrected chi connectivity index (χ0v) is 8.73. The summed E-state index contributed by atoms with van der Waals surface area (Å²) in [6, 6.07) is 0. The van der Waals surface area contributed by atoms with Crippen LogP contribution in [0, 0.1) is 11.5 Å². The van der Waals surface area contributed by atoms with Crippen molar-refractivity contribution in [2.75, 3.05) is 20.8 Å². The quantitative estimate of drug-likeness (QED) is 0.384. The Morgan fingerprint density at radius 1 is 1.50 bits per heavy atom. The van der Waals surface area contributed by atoms with Gasteiger partial charge in [0.25, 0.3) is 6.26 Å². The minimum Gasteiger partial charge on any atom is -0.416 e. The van der Waals surface area contributed by atoms with Crippen molar-refractivity contribution in [2.24, 2.45) is 5.73 Å². The first kappa shape index (κ1) is 15.4.